The molecule has 0 aromatic rings. The standard InChI is InChI=1S/C19H20F17NO/c1-3-5-9-37(11(38)4-2)10-7-6-8-12(20,21)13(22,23)14(24,25)15(26,27)16(28,29)17(30,31)18(32,33)19(34,35)36/h4H,2-3,5-10H2,1H3. The van der Waals surface area contributed by atoms with E-state index in [0.717, 1.165) is 11.0 Å². The zero-order chi connectivity index (χ0) is 30.8. The number of rotatable bonds is 15. The monoisotopic (exact) mass is 601 g/mol. The first-order valence-electron chi connectivity index (χ1n) is 10.3. The van der Waals surface area contributed by atoms with Crippen LogP contribution in [-0.4, -0.2) is 71.5 Å². The number of halogens is 17. The molecule has 0 aliphatic carbocycles. The van der Waals surface area contributed by atoms with Crippen LogP contribution in [0.1, 0.15) is 39.0 Å². The summed E-state index contributed by atoms with van der Waals surface area (Å²) in [5.41, 5.74) is 0. The SMILES string of the molecule is C=CC(=O)N(CCCC)CCCCC(F)(F)C(F)(F)C(F)(F)C(F)(F)C(F)(F)C(F)(F)C(F)(F)C(F)(F)F. The molecule has 38 heavy (non-hydrogen) atoms. The molecule has 0 heterocycles. The molecule has 226 valence electrons. The minimum absolute atomic E-state index is 0.00987. The first-order valence-corrected chi connectivity index (χ1v) is 10.3. The Morgan fingerprint density at radius 3 is 1.34 bits per heavy atom. The Kier molecular flexibility index (Phi) is 10.7. The van der Waals surface area contributed by atoms with E-state index < -0.39 is 79.3 Å². The zero-order valence-electron chi connectivity index (χ0n) is 19.0. The largest absolute Gasteiger partial charge is 0.460 e. The van der Waals surface area contributed by atoms with E-state index in [0.29, 0.717) is 12.8 Å². The van der Waals surface area contributed by atoms with E-state index in [1.165, 1.54) is 0 Å². The van der Waals surface area contributed by atoms with Gasteiger partial charge in [0.05, 0.1) is 0 Å². The molecular weight excluding hydrogens is 581 g/mol. The van der Waals surface area contributed by atoms with Crippen molar-refractivity contribution in [3.8, 4) is 0 Å². The second kappa shape index (κ2) is 11.3. The van der Waals surface area contributed by atoms with Crippen LogP contribution >= 0.6 is 0 Å². The van der Waals surface area contributed by atoms with Crippen molar-refractivity contribution in [2.24, 2.45) is 0 Å². The highest BCUT2D eigenvalue weighted by molar-refractivity contribution is 5.86. The Balaban J connectivity index is 6.04. The number of carbonyl (C=O) groups excluding carboxylic acids is 1. The number of alkyl halides is 17. The van der Waals surface area contributed by atoms with Crippen molar-refractivity contribution >= 4 is 5.91 Å². The summed E-state index contributed by atoms with van der Waals surface area (Å²) in [6, 6.07) is 0. The lowest BCUT2D eigenvalue weighted by Crippen LogP contribution is -2.74. The number of unbranched alkanes of at least 4 members (excludes halogenated alkanes) is 2. The van der Waals surface area contributed by atoms with E-state index in [1.54, 1.807) is 6.92 Å². The molecule has 0 rings (SSSR count). The molecule has 0 N–H and O–H groups in total. The normalized spacial score (nSPS) is 15.0. The fraction of sp³-hybridized carbons (Fsp3) is 0.842. The lowest BCUT2D eigenvalue weighted by Gasteiger charge is -2.42. The van der Waals surface area contributed by atoms with Crippen molar-refractivity contribution in [2.75, 3.05) is 13.1 Å². The minimum atomic E-state index is -8.63. The third-order valence-corrected chi connectivity index (χ3v) is 5.22. The summed E-state index contributed by atoms with van der Waals surface area (Å²) >= 11 is 0. The maximum absolute atomic E-state index is 13.9. The van der Waals surface area contributed by atoms with Crippen LogP contribution in [-0.2, 0) is 4.79 Å². The molecule has 0 saturated heterocycles. The lowest BCUT2D eigenvalue weighted by molar-refractivity contribution is -0.461. The first kappa shape index (κ1) is 36.0. The van der Waals surface area contributed by atoms with Crippen LogP contribution in [0.4, 0.5) is 74.6 Å². The zero-order valence-corrected chi connectivity index (χ0v) is 19.0. The summed E-state index contributed by atoms with van der Waals surface area (Å²) in [4.78, 5) is 12.6. The van der Waals surface area contributed by atoms with Gasteiger partial charge in [-0.3, -0.25) is 4.79 Å². The lowest BCUT2D eigenvalue weighted by atomic mass is 9.88. The third-order valence-electron chi connectivity index (χ3n) is 5.22. The van der Waals surface area contributed by atoms with Gasteiger partial charge in [-0.05, 0) is 25.3 Å². The van der Waals surface area contributed by atoms with Gasteiger partial charge in [0.25, 0.3) is 0 Å². The van der Waals surface area contributed by atoms with Gasteiger partial charge < -0.3 is 4.90 Å². The van der Waals surface area contributed by atoms with Crippen LogP contribution in [0.3, 0.4) is 0 Å². The van der Waals surface area contributed by atoms with E-state index in [-0.39, 0.29) is 6.54 Å². The van der Waals surface area contributed by atoms with Crippen LogP contribution in [0.25, 0.3) is 0 Å². The Hall–Kier alpha value is -1.98. The molecule has 2 nitrogen and oxygen atoms in total. The molecule has 1 amide bonds. The summed E-state index contributed by atoms with van der Waals surface area (Å²) in [6.45, 7) is 4.28. The molecule has 0 aliphatic heterocycles. The van der Waals surface area contributed by atoms with Crippen LogP contribution in [0.15, 0.2) is 12.7 Å². The number of carbonyl (C=O) groups is 1. The summed E-state index contributed by atoms with van der Waals surface area (Å²) in [5.74, 6) is -57.0. The van der Waals surface area contributed by atoms with Gasteiger partial charge in [-0.2, -0.15) is 74.6 Å². The van der Waals surface area contributed by atoms with Crippen molar-refractivity contribution in [1.82, 2.24) is 4.90 Å². The molecule has 0 atom stereocenters. The van der Waals surface area contributed by atoms with Gasteiger partial charge in [-0.1, -0.05) is 19.9 Å². The Labute approximate surface area is 203 Å². The Bertz CT molecular complexity index is 819. The van der Waals surface area contributed by atoms with Crippen LogP contribution in [0.2, 0.25) is 0 Å². The molecule has 0 bridgehead atoms. The van der Waals surface area contributed by atoms with E-state index >= 15 is 0 Å². The van der Waals surface area contributed by atoms with Crippen molar-refractivity contribution in [2.45, 2.75) is 86.7 Å². The molecule has 19 heteroatoms. The van der Waals surface area contributed by atoms with Gasteiger partial charge in [0, 0.05) is 19.5 Å². The average molecular weight is 601 g/mol. The average Bonchev–Trinajstić information content (AvgIpc) is 2.76. The second-order valence-electron chi connectivity index (χ2n) is 7.99. The number of amides is 1. The maximum atomic E-state index is 13.9. The van der Waals surface area contributed by atoms with Crippen molar-refractivity contribution in [1.29, 1.82) is 0 Å². The smallest absolute Gasteiger partial charge is 0.339 e. The summed E-state index contributed by atoms with van der Waals surface area (Å²) < 4.78 is 225. The third kappa shape index (κ3) is 5.94. The van der Waals surface area contributed by atoms with E-state index in [1.807, 2.05) is 0 Å². The predicted octanol–water partition coefficient (Wildman–Crippen LogP) is 7.98. The van der Waals surface area contributed by atoms with Crippen LogP contribution in [0.5, 0.6) is 0 Å². The van der Waals surface area contributed by atoms with Crippen LogP contribution in [0, 0.1) is 0 Å². The summed E-state index contributed by atoms with van der Waals surface area (Å²) in [6.07, 6.45) is -10.6. The summed E-state index contributed by atoms with van der Waals surface area (Å²) in [5, 5.41) is 0. The highest BCUT2D eigenvalue weighted by Gasteiger charge is 2.95. The van der Waals surface area contributed by atoms with Crippen molar-refractivity contribution < 1.29 is 79.4 Å². The second-order valence-corrected chi connectivity index (χ2v) is 7.99. The molecule has 0 aromatic carbocycles. The van der Waals surface area contributed by atoms with Crippen molar-refractivity contribution in [3.05, 3.63) is 12.7 Å². The molecular formula is C19H20F17NO. The fourth-order valence-electron chi connectivity index (χ4n) is 2.81. The van der Waals surface area contributed by atoms with Gasteiger partial charge in [0.15, 0.2) is 0 Å². The topological polar surface area (TPSA) is 20.3 Å². The number of nitrogens with zero attached hydrogens (tertiary/aromatic N) is 1. The molecule has 0 fully saturated rings. The highest BCUT2D eigenvalue weighted by atomic mass is 19.4. The Morgan fingerprint density at radius 2 is 0.974 bits per heavy atom. The maximum Gasteiger partial charge on any atom is 0.460 e. The predicted molar refractivity (Wildman–Crippen MR) is 96.2 cm³/mol. The van der Waals surface area contributed by atoms with E-state index in [9.17, 15) is 79.4 Å². The number of hydrogen-bond acceptors (Lipinski definition) is 1. The van der Waals surface area contributed by atoms with Crippen LogP contribution < -0.4 is 0 Å². The molecule has 0 saturated carbocycles. The van der Waals surface area contributed by atoms with Gasteiger partial charge in [-0.25, -0.2) is 0 Å². The minimum Gasteiger partial charge on any atom is -0.339 e. The summed E-state index contributed by atoms with van der Waals surface area (Å²) in [7, 11) is 0. The molecule has 0 aromatic heterocycles. The van der Waals surface area contributed by atoms with Gasteiger partial charge >= 0.3 is 47.6 Å². The van der Waals surface area contributed by atoms with E-state index in [2.05, 4.69) is 6.58 Å². The molecule has 0 spiro atoms. The van der Waals surface area contributed by atoms with E-state index in [4.69, 9.17) is 0 Å². The van der Waals surface area contributed by atoms with Crippen molar-refractivity contribution in [3.63, 3.8) is 0 Å². The van der Waals surface area contributed by atoms with Gasteiger partial charge in [0.1, 0.15) is 0 Å². The fourth-order valence-corrected chi connectivity index (χ4v) is 2.81. The molecule has 0 radical (unpaired) electrons. The Morgan fingerprint density at radius 1 is 0.605 bits per heavy atom. The number of hydrogen-bond donors (Lipinski definition) is 0. The quantitative estimate of drug-likeness (QED) is 0.106. The highest BCUT2D eigenvalue weighted by Crippen LogP contribution is 2.64. The first-order chi connectivity index (χ1) is 16.7. The van der Waals surface area contributed by atoms with Gasteiger partial charge in [-0.15, -0.1) is 0 Å². The molecule has 0 aliphatic rings. The van der Waals surface area contributed by atoms with Gasteiger partial charge in [0.2, 0.25) is 5.91 Å². The molecule has 0 unspecified atom stereocenters.